The van der Waals surface area contributed by atoms with Crippen LogP contribution in [0.5, 0.6) is 0 Å². The highest BCUT2D eigenvalue weighted by atomic mass is 16.5. The van der Waals surface area contributed by atoms with Crippen LogP contribution in [0.3, 0.4) is 0 Å². The molecule has 0 aliphatic carbocycles. The van der Waals surface area contributed by atoms with Gasteiger partial charge in [0.2, 0.25) is 0 Å². The second-order valence-corrected chi connectivity index (χ2v) is 3.61. The number of nitrogens with one attached hydrogen (secondary N) is 1. The number of rotatable bonds is 9. The van der Waals surface area contributed by atoms with E-state index in [1.807, 2.05) is 6.08 Å². The summed E-state index contributed by atoms with van der Waals surface area (Å²) in [7, 11) is 1.71. The van der Waals surface area contributed by atoms with Gasteiger partial charge in [0.25, 0.3) is 0 Å². The van der Waals surface area contributed by atoms with E-state index in [0.717, 1.165) is 13.1 Å². The Hall–Kier alpha value is -0.600. The highest BCUT2D eigenvalue weighted by Gasteiger charge is 1.91. The van der Waals surface area contributed by atoms with Crippen molar-refractivity contribution in [3.63, 3.8) is 0 Å². The van der Waals surface area contributed by atoms with Crippen molar-refractivity contribution in [3.05, 3.63) is 23.8 Å². The van der Waals surface area contributed by atoms with Crippen molar-refractivity contribution >= 4 is 0 Å². The van der Waals surface area contributed by atoms with Crippen LogP contribution in [-0.2, 0) is 4.74 Å². The molecule has 0 spiro atoms. The Morgan fingerprint density at radius 1 is 1.33 bits per heavy atom. The van der Waals surface area contributed by atoms with E-state index in [9.17, 15) is 0 Å². The van der Waals surface area contributed by atoms with Crippen molar-refractivity contribution in [1.82, 2.24) is 5.32 Å². The predicted octanol–water partition coefficient (Wildman–Crippen LogP) is 2.92. The van der Waals surface area contributed by atoms with Crippen LogP contribution in [0.4, 0.5) is 0 Å². The maximum Gasteiger partial charge on any atom is 0.0646 e. The van der Waals surface area contributed by atoms with Crippen LogP contribution in [0.15, 0.2) is 23.8 Å². The van der Waals surface area contributed by atoms with Gasteiger partial charge in [-0.05, 0) is 25.5 Å². The fourth-order valence-corrected chi connectivity index (χ4v) is 1.29. The summed E-state index contributed by atoms with van der Waals surface area (Å²) in [6, 6.07) is 0. The van der Waals surface area contributed by atoms with Crippen LogP contribution >= 0.6 is 0 Å². The normalized spacial score (nSPS) is 12.6. The van der Waals surface area contributed by atoms with Gasteiger partial charge >= 0.3 is 0 Å². The van der Waals surface area contributed by atoms with Crippen molar-refractivity contribution in [2.45, 2.75) is 33.1 Å². The van der Waals surface area contributed by atoms with Crippen LogP contribution in [0, 0.1) is 0 Å². The molecule has 0 bridgehead atoms. The molecular formula is C13H25NO. The molecule has 0 aromatic carbocycles. The highest BCUT2D eigenvalue weighted by molar-refractivity contribution is 5.19. The second kappa shape index (κ2) is 11.5. The smallest absolute Gasteiger partial charge is 0.0646 e. The minimum atomic E-state index is 0.688. The zero-order valence-corrected chi connectivity index (χ0v) is 10.4. The summed E-state index contributed by atoms with van der Waals surface area (Å²) in [4.78, 5) is 0. The third-order valence-corrected chi connectivity index (χ3v) is 2.25. The summed E-state index contributed by atoms with van der Waals surface area (Å²) in [6.45, 7) is 7.06. The maximum atomic E-state index is 4.96. The number of methoxy groups -OCH3 is 1. The Morgan fingerprint density at radius 2 is 2.13 bits per heavy atom. The molecule has 0 radical (unpaired) electrons. The Labute approximate surface area is 94.4 Å². The van der Waals surface area contributed by atoms with Crippen molar-refractivity contribution in [1.29, 1.82) is 0 Å². The van der Waals surface area contributed by atoms with E-state index < -0.39 is 0 Å². The molecule has 0 aliphatic heterocycles. The first-order valence-corrected chi connectivity index (χ1v) is 5.86. The molecule has 0 saturated carbocycles. The van der Waals surface area contributed by atoms with Crippen LogP contribution in [0.25, 0.3) is 0 Å². The van der Waals surface area contributed by atoms with Crippen LogP contribution in [0.1, 0.15) is 33.1 Å². The average Bonchev–Trinajstić information content (AvgIpc) is 2.26. The number of hydrogen-bond acceptors (Lipinski definition) is 2. The largest absolute Gasteiger partial charge is 0.381 e. The molecule has 0 aromatic rings. The van der Waals surface area contributed by atoms with E-state index in [1.165, 1.54) is 24.8 Å². The fraction of sp³-hybridized carbons (Fsp3) is 0.692. The van der Waals surface area contributed by atoms with E-state index in [0.29, 0.717) is 6.61 Å². The van der Waals surface area contributed by atoms with Crippen molar-refractivity contribution in [3.8, 4) is 0 Å². The summed E-state index contributed by atoms with van der Waals surface area (Å²) in [5.41, 5.74) is 1.32. The molecule has 0 fully saturated rings. The van der Waals surface area contributed by atoms with Gasteiger partial charge in [0.1, 0.15) is 0 Å². The summed E-state index contributed by atoms with van der Waals surface area (Å²) in [5, 5.41) is 3.44. The SMILES string of the molecule is C/C=C(\C=C/COC)CNCCCCC. The summed E-state index contributed by atoms with van der Waals surface area (Å²) in [5.74, 6) is 0. The zero-order chi connectivity index (χ0) is 11.4. The van der Waals surface area contributed by atoms with Crippen LogP contribution in [0.2, 0.25) is 0 Å². The van der Waals surface area contributed by atoms with E-state index in [2.05, 4.69) is 31.3 Å². The van der Waals surface area contributed by atoms with Crippen molar-refractivity contribution in [2.24, 2.45) is 0 Å². The van der Waals surface area contributed by atoms with E-state index >= 15 is 0 Å². The van der Waals surface area contributed by atoms with Crippen molar-refractivity contribution in [2.75, 3.05) is 26.8 Å². The van der Waals surface area contributed by atoms with Gasteiger partial charge in [-0.2, -0.15) is 0 Å². The quantitative estimate of drug-likeness (QED) is 0.468. The predicted molar refractivity (Wildman–Crippen MR) is 67.2 cm³/mol. The topological polar surface area (TPSA) is 21.3 Å². The highest BCUT2D eigenvalue weighted by Crippen LogP contribution is 1.96. The number of ether oxygens (including phenoxy) is 1. The van der Waals surface area contributed by atoms with Gasteiger partial charge in [0, 0.05) is 13.7 Å². The van der Waals surface area contributed by atoms with Gasteiger partial charge in [-0.25, -0.2) is 0 Å². The minimum absolute atomic E-state index is 0.688. The first-order chi connectivity index (χ1) is 7.35. The van der Waals surface area contributed by atoms with Gasteiger partial charge in [-0.1, -0.05) is 38.0 Å². The Balaban J connectivity index is 3.54. The monoisotopic (exact) mass is 211 g/mol. The molecule has 0 saturated heterocycles. The molecule has 2 nitrogen and oxygen atoms in total. The molecule has 15 heavy (non-hydrogen) atoms. The van der Waals surface area contributed by atoms with Gasteiger partial charge in [0.15, 0.2) is 0 Å². The summed E-state index contributed by atoms with van der Waals surface area (Å²) < 4.78 is 4.96. The van der Waals surface area contributed by atoms with E-state index in [1.54, 1.807) is 7.11 Å². The summed E-state index contributed by atoms with van der Waals surface area (Å²) >= 11 is 0. The molecular weight excluding hydrogens is 186 g/mol. The molecule has 0 atom stereocenters. The molecule has 0 aromatic heterocycles. The molecule has 2 heteroatoms. The Bertz CT molecular complexity index is 185. The Kier molecular flexibility index (Phi) is 11.0. The first kappa shape index (κ1) is 14.4. The van der Waals surface area contributed by atoms with Crippen LogP contribution < -0.4 is 5.32 Å². The van der Waals surface area contributed by atoms with E-state index in [4.69, 9.17) is 4.74 Å². The summed E-state index contributed by atoms with van der Waals surface area (Å²) in [6.07, 6.45) is 10.2. The first-order valence-electron chi connectivity index (χ1n) is 5.86. The maximum absolute atomic E-state index is 4.96. The lowest BCUT2D eigenvalue weighted by atomic mass is 10.2. The third-order valence-electron chi connectivity index (χ3n) is 2.25. The van der Waals surface area contributed by atoms with Gasteiger partial charge in [0.05, 0.1) is 6.61 Å². The molecule has 88 valence electrons. The standard InChI is InChI=1S/C13H25NO/c1-4-6-7-10-14-12-13(5-2)9-8-11-15-3/h5,8-9,14H,4,6-7,10-12H2,1-3H3/b9-8-,13-5+. The van der Waals surface area contributed by atoms with Crippen LogP contribution in [-0.4, -0.2) is 26.8 Å². The zero-order valence-electron chi connectivity index (χ0n) is 10.4. The number of allylic oxidation sites excluding steroid dienone is 1. The van der Waals surface area contributed by atoms with E-state index in [-0.39, 0.29) is 0 Å². The molecule has 0 rings (SSSR count). The Morgan fingerprint density at radius 3 is 2.73 bits per heavy atom. The number of hydrogen-bond donors (Lipinski definition) is 1. The minimum Gasteiger partial charge on any atom is -0.381 e. The molecule has 0 amide bonds. The third kappa shape index (κ3) is 9.70. The lowest BCUT2D eigenvalue weighted by Crippen LogP contribution is -2.17. The van der Waals surface area contributed by atoms with Gasteiger partial charge < -0.3 is 10.1 Å². The second-order valence-electron chi connectivity index (χ2n) is 3.61. The fourth-order valence-electron chi connectivity index (χ4n) is 1.29. The molecule has 1 N–H and O–H groups in total. The lowest BCUT2D eigenvalue weighted by Gasteiger charge is -2.04. The number of unbranched alkanes of at least 4 members (excludes halogenated alkanes) is 2. The lowest BCUT2D eigenvalue weighted by molar-refractivity contribution is 0.234. The van der Waals surface area contributed by atoms with Gasteiger partial charge in [-0.15, -0.1) is 0 Å². The molecule has 0 unspecified atom stereocenters. The van der Waals surface area contributed by atoms with Gasteiger partial charge in [-0.3, -0.25) is 0 Å². The van der Waals surface area contributed by atoms with Crippen molar-refractivity contribution < 1.29 is 4.74 Å². The molecule has 0 heterocycles. The molecule has 0 aliphatic rings. The average molecular weight is 211 g/mol.